The normalized spacial score (nSPS) is 28.3. The number of aromatic nitrogens is 3. The van der Waals surface area contributed by atoms with Crippen LogP contribution in [0.3, 0.4) is 0 Å². The van der Waals surface area contributed by atoms with E-state index in [2.05, 4.69) is 10.3 Å². The van der Waals surface area contributed by atoms with Gasteiger partial charge in [0.15, 0.2) is 0 Å². The van der Waals surface area contributed by atoms with Crippen LogP contribution in [-0.4, -0.2) is 59.2 Å². The molecule has 1 aliphatic carbocycles. The Balaban J connectivity index is 1.48. The molecule has 0 radical (unpaired) electrons. The standard InChI is InChI=1S/C18H24N4O4/c1-24-11-15-9-22(20-19-15)16-5-13-7-21(8-14(13)6-17(16)25-2)18(23)12-3-4-26-10-12/h3-4,9-10,13-14,16-17H,5-8,11H2,1-2H3/t13-,14+,16-,17-/m1/s1. The number of methoxy groups -OCH3 is 2. The molecule has 2 fully saturated rings. The van der Waals surface area contributed by atoms with Gasteiger partial charge in [-0.05, 0) is 30.7 Å². The molecule has 140 valence electrons. The molecule has 26 heavy (non-hydrogen) atoms. The Hall–Kier alpha value is -2.19. The summed E-state index contributed by atoms with van der Waals surface area (Å²) < 4.78 is 17.8. The summed E-state index contributed by atoms with van der Waals surface area (Å²) in [5, 5.41) is 8.45. The molecule has 2 aromatic rings. The van der Waals surface area contributed by atoms with Gasteiger partial charge in [-0.1, -0.05) is 5.21 Å². The zero-order chi connectivity index (χ0) is 18.1. The highest BCUT2D eigenvalue weighted by atomic mass is 16.5. The molecular weight excluding hydrogens is 336 g/mol. The van der Waals surface area contributed by atoms with Crippen LogP contribution in [0.1, 0.15) is 34.9 Å². The van der Waals surface area contributed by atoms with Crippen LogP contribution in [0.2, 0.25) is 0 Å². The Kier molecular flexibility index (Phi) is 4.78. The number of fused-ring (bicyclic) bond motifs is 1. The lowest BCUT2D eigenvalue weighted by molar-refractivity contribution is -0.00548. The minimum atomic E-state index is 0.0433. The number of nitrogens with zero attached hydrogens (tertiary/aromatic N) is 4. The molecule has 0 N–H and O–H groups in total. The highest BCUT2D eigenvalue weighted by Gasteiger charge is 2.44. The molecule has 0 spiro atoms. The number of amides is 1. The van der Waals surface area contributed by atoms with Crippen molar-refractivity contribution in [3.8, 4) is 0 Å². The molecule has 4 rings (SSSR count). The molecule has 1 aliphatic heterocycles. The van der Waals surface area contributed by atoms with Crippen LogP contribution >= 0.6 is 0 Å². The van der Waals surface area contributed by atoms with E-state index in [4.69, 9.17) is 13.9 Å². The van der Waals surface area contributed by atoms with E-state index in [1.165, 1.54) is 12.5 Å². The highest BCUT2D eigenvalue weighted by Crippen LogP contribution is 2.42. The largest absolute Gasteiger partial charge is 0.472 e. The molecule has 0 bridgehead atoms. The van der Waals surface area contributed by atoms with Gasteiger partial charge in [0.25, 0.3) is 5.91 Å². The number of hydrogen-bond acceptors (Lipinski definition) is 6. The zero-order valence-corrected chi connectivity index (χ0v) is 15.1. The molecule has 0 aromatic carbocycles. The topological polar surface area (TPSA) is 82.6 Å². The first-order valence-electron chi connectivity index (χ1n) is 8.93. The van der Waals surface area contributed by atoms with E-state index in [1.54, 1.807) is 20.3 Å². The number of carbonyl (C=O) groups excluding carboxylic acids is 1. The van der Waals surface area contributed by atoms with Crippen LogP contribution in [0.25, 0.3) is 0 Å². The summed E-state index contributed by atoms with van der Waals surface area (Å²) in [6.07, 6.45) is 6.89. The van der Waals surface area contributed by atoms with E-state index >= 15 is 0 Å². The monoisotopic (exact) mass is 360 g/mol. The van der Waals surface area contributed by atoms with Gasteiger partial charge in [-0.3, -0.25) is 4.79 Å². The molecule has 3 heterocycles. The summed E-state index contributed by atoms with van der Waals surface area (Å²) in [6, 6.07) is 1.85. The second-order valence-corrected chi connectivity index (χ2v) is 7.18. The van der Waals surface area contributed by atoms with Crippen LogP contribution in [0.15, 0.2) is 29.2 Å². The molecule has 2 aromatic heterocycles. The van der Waals surface area contributed by atoms with Crippen molar-refractivity contribution in [3.05, 3.63) is 36.0 Å². The van der Waals surface area contributed by atoms with Crippen molar-refractivity contribution in [1.29, 1.82) is 0 Å². The fraction of sp³-hybridized carbons (Fsp3) is 0.611. The van der Waals surface area contributed by atoms with E-state index in [0.717, 1.165) is 31.6 Å². The van der Waals surface area contributed by atoms with Gasteiger partial charge in [-0.15, -0.1) is 5.10 Å². The maximum Gasteiger partial charge on any atom is 0.257 e. The van der Waals surface area contributed by atoms with Crippen molar-refractivity contribution >= 4 is 5.91 Å². The Labute approximate surface area is 152 Å². The molecular formula is C18H24N4O4. The SMILES string of the molecule is COCc1cn([C@@H]2C[C@@H]3CN(C(=O)c4ccoc4)C[C@@H]3C[C@H]2OC)nn1. The van der Waals surface area contributed by atoms with Crippen LogP contribution < -0.4 is 0 Å². The Morgan fingerprint density at radius 3 is 2.81 bits per heavy atom. The average Bonchev–Trinajstić information content (AvgIpc) is 3.39. The number of likely N-dealkylation sites (tertiary alicyclic amines) is 1. The third-order valence-corrected chi connectivity index (χ3v) is 5.63. The molecule has 0 unspecified atom stereocenters. The first-order chi connectivity index (χ1) is 12.7. The number of rotatable bonds is 5. The maximum atomic E-state index is 12.6. The van der Waals surface area contributed by atoms with E-state index < -0.39 is 0 Å². The number of furan rings is 1. The maximum absolute atomic E-state index is 12.6. The van der Waals surface area contributed by atoms with Crippen molar-refractivity contribution in [3.63, 3.8) is 0 Å². The minimum absolute atomic E-state index is 0.0433. The van der Waals surface area contributed by atoms with Crippen molar-refractivity contribution in [2.45, 2.75) is 31.6 Å². The van der Waals surface area contributed by atoms with Crippen molar-refractivity contribution in [2.75, 3.05) is 27.3 Å². The lowest BCUT2D eigenvalue weighted by Gasteiger charge is -2.36. The number of carbonyl (C=O) groups is 1. The predicted molar refractivity (Wildman–Crippen MR) is 91.4 cm³/mol. The van der Waals surface area contributed by atoms with Crippen molar-refractivity contribution in [1.82, 2.24) is 19.9 Å². The molecule has 8 nitrogen and oxygen atoms in total. The van der Waals surface area contributed by atoms with Gasteiger partial charge in [-0.2, -0.15) is 0 Å². The zero-order valence-electron chi connectivity index (χ0n) is 15.1. The van der Waals surface area contributed by atoms with Crippen LogP contribution in [0.4, 0.5) is 0 Å². The summed E-state index contributed by atoms with van der Waals surface area (Å²) in [4.78, 5) is 14.6. The van der Waals surface area contributed by atoms with Gasteiger partial charge in [0, 0.05) is 27.3 Å². The average molecular weight is 360 g/mol. The molecule has 8 heteroatoms. The van der Waals surface area contributed by atoms with Crippen LogP contribution in [-0.2, 0) is 16.1 Å². The summed E-state index contributed by atoms with van der Waals surface area (Å²) >= 11 is 0. The van der Waals surface area contributed by atoms with E-state index in [0.29, 0.717) is 24.0 Å². The lowest BCUT2D eigenvalue weighted by atomic mass is 9.77. The Bertz CT molecular complexity index is 744. The third-order valence-electron chi connectivity index (χ3n) is 5.63. The van der Waals surface area contributed by atoms with Crippen molar-refractivity contribution < 1.29 is 18.7 Å². The predicted octanol–water partition coefficient (Wildman–Crippen LogP) is 1.76. The minimum Gasteiger partial charge on any atom is -0.472 e. The first-order valence-corrected chi connectivity index (χ1v) is 8.93. The van der Waals surface area contributed by atoms with Gasteiger partial charge in [-0.25, -0.2) is 4.68 Å². The van der Waals surface area contributed by atoms with Crippen LogP contribution in [0, 0.1) is 11.8 Å². The second kappa shape index (κ2) is 7.20. The summed E-state index contributed by atoms with van der Waals surface area (Å²) in [5.41, 5.74) is 1.43. The second-order valence-electron chi connectivity index (χ2n) is 7.18. The smallest absolute Gasteiger partial charge is 0.257 e. The Morgan fingerprint density at radius 1 is 1.31 bits per heavy atom. The van der Waals surface area contributed by atoms with E-state index in [9.17, 15) is 4.79 Å². The third kappa shape index (κ3) is 3.14. The van der Waals surface area contributed by atoms with Gasteiger partial charge in [0.05, 0.1) is 36.8 Å². The molecule has 2 aliphatic rings. The fourth-order valence-corrected chi connectivity index (χ4v) is 4.35. The van der Waals surface area contributed by atoms with Crippen LogP contribution in [0.5, 0.6) is 0 Å². The summed E-state index contributed by atoms with van der Waals surface area (Å²) in [5.74, 6) is 0.938. The lowest BCUT2D eigenvalue weighted by Crippen LogP contribution is -2.37. The first kappa shape index (κ1) is 17.2. The summed E-state index contributed by atoms with van der Waals surface area (Å²) in [6.45, 7) is 1.98. The van der Waals surface area contributed by atoms with Gasteiger partial charge in [0.2, 0.25) is 0 Å². The number of ether oxygens (including phenoxy) is 2. The Morgan fingerprint density at radius 2 is 2.12 bits per heavy atom. The molecule has 4 atom stereocenters. The highest BCUT2D eigenvalue weighted by molar-refractivity contribution is 5.94. The summed E-state index contributed by atoms with van der Waals surface area (Å²) in [7, 11) is 3.39. The van der Waals surface area contributed by atoms with E-state index in [1.807, 2.05) is 15.8 Å². The fourth-order valence-electron chi connectivity index (χ4n) is 4.35. The van der Waals surface area contributed by atoms with Gasteiger partial charge in [0.1, 0.15) is 12.0 Å². The quantitative estimate of drug-likeness (QED) is 0.808. The van der Waals surface area contributed by atoms with Crippen molar-refractivity contribution in [2.24, 2.45) is 11.8 Å². The van der Waals surface area contributed by atoms with E-state index in [-0.39, 0.29) is 18.1 Å². The molecule has 1 saturated carbocycles. The molecule has 1 saturated heterocycles. The van der Waals surface area contributed by atoms with Gasteiger partial charge < -0.3 is 18.8 Å². The van der Waals surface area contributed by atoms with Gasteiger partial charge >= 0.3 is 0 Å². The molecule has 1 amide bonds. The number of hydrogen-bond donors (Lipinski definition) is 0.